The van der Waals surface area contributed by atoms with Crippen molar-refractivity contribution in [1.29, 1.82) is 0 Å². The highest BCUT2D eigenvalue weighted by molar-refractivity contribution is 6.32. The van der Waals surface area contributed by atoms with Gasteiger partial charge in [-0.25, -0.2) is 15.8 Å². The van der Waals surface area contributed by atoms with Gasteiger partial charge in [-0.15, -0.1) is 0 Å². The number of benzene rings is 1. The minimum atomic E-state index is -0.573. The molecule has 7 nitrogen and oxygen atoms in total. The van der Waals surface area contributed by atoms with Gasteiger partial charge >= 0.3 is 0 Å². The molecule has 0 saturated carbocycles. The Bertz CT molecular complexity index is 708. The molecule has 0 fully saturated rings. The van der Waals surface area contributed by atoms with E-state index in [0.717, 1.165) is 0 Å². The van der Waals surface area contributed by atoms with E-state index in [0.29, 0.717) is 22.2 Å². The lowest BCUT2D eigenvalue weighted by atomic mass is 10.1. The Balaban J connectivity index is 2.42. The fraction of sp³-hybridized carbons (Fsp3) is 0.214. The number of para-hydroxylation sites is 1. The van der Waals surface area contributed by atoms with Crippen molar-refractivity contribution in [3.8, 4) is 5.75 Å². The molecule has 0 aliphatic carbocycles. The first-order chi connectivity index (χ1) is 10.4. The number of hydrogen-bond donors (Lipinski definition) is 3. The summed E-state index contributed by atoms with van der Waals surface area (Å²) >= 11 is 6.07. The van der Waals surface area contributed by atoms with Crippen molar-refractivity contribution in [3.05, 3.63) is 46.2 Å². The smallest absolute Gasteiger partial charge is 0.269 e. The molecular formula is C14H16ClN5O2. The Morgan fingerprint density at radius 1 is 1.36 bits per heavy atom. The van der Waals surface area contributed by atoms with Crippen LogP contribution in [0.4, 0.5) is 5.95 Å². The van der Waals surface area contributed by atoms with E-state index in [1.54, 1.807) is 38.1 Å². The topological polar surface area (TPSA) is 116 Å². The third-order valence-corrected chi connectivity index (χ3v) is 3.33. The maximum absolute atomic E-state index is 12.0. The molecular weight excluding hydrogens is 306 g/mol. The van der Waals surface area contributed by atoms with E-state index >= 15 is 0 Å². The van der Waals surface area contributed by atoms with Gasteiger partial charge in [0.15, 0.2) is 0 Å². The van der Waals surface area contributed by atoms with Crippen LogP contribution in [0.2, 0.25) is 5.02 Å². The molecule has 0 radical (unpaired) electrons. The van der Waals surface area contributed by atoms with Gasteiger partial charge < -0.3 is 10.5 Å². The van der Waals surface area contributed by atoms with Gasteiger partial charge in [-0.05, 0) is 26.0 Å². The van der Waals surface area contributed by atoms with Crippen LogP contribution in [0.15, 0.2) is 24.3 Å². The number of anilines is 1. The molecule has 1 aromatic heterocycles. The van der Waals surface area contributed by atoms with E-state index in [2.05, 4.69) is 15.4 Å². The van der Waals surface area contributed by atoms with Gasteiger partial charge in [-0.3, -0.25) is 10.2 Å². The van der Waals surface area contributed by atoms with E-state index in [4.69, 9.17) is 27.9 Å². The van der Waals surface area contributed by atoms with E-state index in [9.17, 15) is 4.79 Å². The molecule has 0 spiro atoms. The lowest BCUT2D eigenvalue weighted by molar-refractivity contribution is 0.0946. The number of hydrazine groups is 1. The van der Waals surface area contributed by atoms with Crippen LogP contribution in [0.1, 0.15) is 34.8 Å². The number of nitrogens with zero attached hydrogens (tertiary/aromatic N) is 2. The molecule has 1 aromatic carbocycles. The number of nitrogen functional groups attached to an aromatic ring is 2. The number of amides is 1. The van der Waals surface area contributed by atoms with Gasteiger partial charge in [-0.1, -0.05) is 23.7 Å². The number of aromatic nitrogens is 2. The molecule has 5 N–H and O–H groups in total. The average molecular weight is 322 g/mol. The van der Waals surface area contributed by atoms with Crippen LogP contribution in [-0.4, -0.2) is 15.9 Å². The van der Waals surface area contributed by atoms with Gasteiger partial charge in [0.05, 0.1) is 22.0 Å². The minimum Gasteiger partial charge on any atom is -0.483 e. The molecule has 1 unspecified atom stereocenters. The summed E-state index contributed by atoms with van der Waals surface area (Å²) in [5, 5.41) is 0.456. The number of hydrogen-bond acceptors (Lipinski definition) is 6. The van der Waals surface area contributed by atoms with Gasteiger partial charge in [0.1, 0.15) is 11.9 Å². The molecule has 0 saturated heterocycles. The van der Waals surface area contributed by atoms with Crippen LogP contribution in [-0.2, 0) is 0 Å². The van der Waals surface area contributed by atoms with Crippen molar-refractivity contribution in [2.75, 3.05) is 5.73 Å². The van der Waals surface area contributed by atoms with Crippen molar-refractivity contribution in [3.63, 3.8) is 0 Å². The summed E-state index contributed by atoms with van der Waals surface area (Å²) in [5.74, 6) is 5.23. The predicted octanol–water partition coefficient (Wildman–Crippen LogP) is 1.76. The predicted molar refractivity (Wildman–Crippen MR) is 83.3 cm³/mol. The molecule has 1 heterocycles. The fourth-order valence-electron chi connectivity index (χ4n) is 2.05. The fourth-order valence-corrected chi connectivity index (χ4v) is 2.23. The number of ether oxygens (including phenoxy) is 1. The molecule has 1 atom stereocenters. The second kappa shape index (κ2) is 6.59. The summed E-state index contributed by atoms with van der Waals surface area (Å²) in [6.45, 7) is 3.38. The highest BCUT2D eigenvalue weighted by atomic mass is 35.5. The Morgan fingerprint density at radius 2 is 2.05 bits per heavy atom. The lowest BCUT2D eigenvalue weighted by Gasteiger charge is -2.18. The normalized spacial score (nSPS) is 11.8. The molecule has 116 valence electrons. The Morgan fingerprint density at radius 3 is 2.68 bits per heavy atom. The Hall–Kier alpha value is -2.38. The van der Waals surface area contributed by atoms with Crippen molar-refractivity contribution in [2.24, 2.45) is 5.84 Å². The van der Waals surface area contributed by atoms with E-state index in [1.165, 1.54) is 0 Å². The first kappa shape index (κ1) is 16.0. The van der Waals surface area contributed by atoms with Gasteiger partial charge in [0.2, 0.25) is 5.95 Å². The molecule has 0 bridgehead atoms. The van der Waals surface area contributed by atoms with Crippen LogP contribution in [0.3, 0.4) is 0 Å². The zero-order valence-corrected chi connectivity index (χ0v) is 12.9. The van der Waals surface area contributed by atoms with Crippen molar-refractivity contribution >= 4 is 23.5 Å². The third-order valence-electron chi connectivity index (χ3n) is 3.02. The second-order valence-corrected chi connectivity index (χ2v) is 5.00. The van der Waals surface area contributed by atoms with Crippen molar-refractivity contribution in [1.82, 2.24) is 15.4 Å². The Labute approximate surface area is 132 Å². The summed E-state index contributed by atoms with van der Waals surface area (Å²) < 4.78 is 5.78. The van der Waals surface area contributed by atoms with Crippen LogP contribution >= 0.6 is 11.6 Å². The molecule has 22 heavy (non-hydrogen) atoms. The SMILES string of the molecule is Cc1nc(N)nc(C(C)Oc2ccccc2Cl)c1C(=O)NN. The average Bonchev–Trinajstić information content (AvgIpc) is 2.48. The maximum atomic E-state index is 12.0. The number of aryl methyl sites for hydroxylation is 1. The first-order valence-electron chi connectivity index (χ1n) is 6.50. The van der Waals surface area contributed by atoms with Crippen LogP contribution in [0.25, 0.3) is 0 Å². The largest absolute Gasteiger partial charge is 0.483 e. The van der Waals surface area contributed by atoms with Crippen LogP contribution in [0.5, 0.6) is 5.75 Å². The van der Waals surface area contributed by atoms with Gasteiger partial charge in [0.25, 0.3) is 5.91 Å². The number of rotatable bonds is 4. The van der Waals surface area contributed by atoms with Crippen LogP contribution in [0, 0.1) is 6.92 Å². The Kier molecular flexibility index (Phi) is 4.79. The number of nitrogens with two attached hydrogens (primary N) is 2. The monoisotopic (exact) mass is 321 g/mol. The molecule has 1 amide bonds. The zero-order valence-electron chi connectivity index (χ0n) is 12.1. The van der Waals surface area contributed by atoms with Crippen molar-refractivity contribution < 1.29 is 9.53 Å². The summed E-state index contributed by atoms with van der Waals surface area (Å²) in [4.78, 5) is 20.0. The standard InChI is InChI=1S/C14H16ClN5O2/c1-7-11(13(21)20-17)12(19-14(16)18-7)8(2)22-10-6-4-3-5-9(10)15/h3-6,8H,17H2,1-2H3,(H,20,21)(H2,16,18,19). The molecule has 8 heteroatoms. The summed E-state index contributed by atoms with van der Waals surface area (Å²) in [5.41, 5.74) is 8.72. The highest BCUT2D eigenvalue weighted by Gasteiger charge is 2.23. The summed E-state index contributed by atoms with van der Waals surface area (Å²) in [6.07, 6.45) is -0.573. The van der Waals surface area contributed by atoms with E-state index in [-0.39, 0.29) is 11.5 Å². The summed E-state index contributed by atoms with van der Waals surface area (Å²) in [7, 11) is 0. The molecule has 2 rings (SSSR count). The minimum absolute atomic E-state index is 0.0516. The molecule has 0 aliphatic heterocycles. The van der Waals surface area contributed by atoms with E-state index in [1.807, 2.05) is 0 Å². The van der Waals surface area contributed by atoms with Gasteiger partial charge in [0, 0.05) is 0 Å². The molecule has 0 aliphatic rings. The lowest BCUT2D eigenvalue weighted by Crippen LogP contribution is -2.33. The number of nitrogens with one attached hydrogen (secondary N) is 1. The maximum Gasteiger partial charge on any atom is 0.269 e. The highest BCUT2D eigenvalue weighted by Crippen LogP contribution is 2.29. The summed E-state index contributed by atoms with van der Waals surface area (Å²) in [6, 6.07) is 7.01. The third kappa shape index (κ3) is 3.26. The zero-order chi connectivity index (χ0) is 16.3. The first-order valence-corrected chi connectivity index (χ1v) is 6.88. The number of halogens is 1. The van der Waals surface area contributed by atoms with Crippen molar-refractivity contribution in [2.45, 2.75) is 20.0 Å². The quantitative estimate of drug-likeness (QED) is 0.449. The number of carbonyl (C=O) groups is 1. The second-order valence-electron chi connectivity index (χ2n) is 4.59. The number of carbonyl (C=O) groups excluding carboxylic acids is 1. The van der Waals surface area contributed by atoms with E-state index < -0.39 is 12.0 Å². The molecule has 2 aromatic rings. The van der Waals surface area contributed by atoms with Gasteiger partial charge in [-0.2, -0.15) is 0 Å². The van der Waals surface area contributed by atoms with Crippen LogP contribution < -0.4 is 21.7 Å².